The highest BCUT2D eigenvalue weighted by Gasteiger charge is 2.24. The van der Waals surface area contributed by atoms with E-state index in [0.717, 1.165) is 25.8 Å². The predicted molar refractivity (Wildman–Crippen MR) is 66.8 cm³/mol. The molecule has 2 unspecified atom stereocenters. The minimum absolute atomic E-state index is 0.220. The van der Waals surface area contributed by atoms with E-state index in [9.17, 15) is 16.8 Å². The van der Waals surface area contributed by atoms with Crippen LogP contribution in [-0.4, -0.2) is 47.8 Å². The molecule has 0 amide bonds. The minimum atomic E-state index is -3.73. The van der Waals surface area contributed by atoms with Gasteiger partial charge in [0.25, 0.3) is 0 Å². The molecule has 0 radical (unpaired) electrons. The smallest absolute Gasteiger partial charge is 0.226 e. The molecule has 6 nitrogen and oxygen atoms in total. The van der Waals surface area contributed by atoms with Crippen LogP contribution in [0, 0.1) is 11.8 Å². The molecule has 0 aromatic heterocycles. The number of sulfonamides is 1. The fraction of sp³-hybridized carbons (Fsp3) is 1.00. The van der Waals surface area contributed by atoms with Crippen LogP contribution in [0.3, 0.4) is 0 Å². The van der Waals surface area contributed by atoms with Crippen LogP contribution in [0.1, 0.15) is 13.3 Å². The van der Waals surface area contributed by atoms with E-state index in [1.807, 2.05) is 0 Å². The summed E-state index contributed by atoms with van der Waals surface area (Å²) in [5, 5.41) is 2.36. The van der Waals surface area contributed by atoms with Gasteiger partial charge in [-0.3, -0.25) is 0 Å². The maximum atomic E-state index is 11.5. The van der Waals surface area contributed by atoms with Crippen LogP contribution in [0.4, 0.5) is 0 Å². The Morgan fingerprint density at radius 2 is 1.94 bits per heavy atom. The third kappa shape index (κ3) is 5.80. The molecule has 0 bridgehead atoms. The first-order valence-electron chi connectivity index (χ1n) is 5.55. The first-order valence-corrected chi connectivity index (χ1v) is 9.27. The highest BCUT2D eigenvalue weighted by Crippen LogP contribution is 2.17. The van der Waals surface area contributed by atoms with Gasteiger partial charge >= 0.3 is 0 Å². The first-order chi connectivity index (χ1) is 7.70. The maximum absolute atomic E-state index is 11.5. The van der Waals surface area contributed by atoms with Gasteiger partial charge in [-0.15, -0.1) is 0 Å². The Kier molecular flexibility index (Phi) is 4.94. The van der Waals surface area contributed by atoms with Crippen LogP contribution >= 0.6 is 0 Å². The van der Waals surface area contributed by atoms with Crippen molar-refractivity contribution < 1.29 is 16.8 Å². The van der Waals surface area contributed by atoms with Crippen molar-refractivity contribution in [3.63, 3.8) is 0 Å². The van der Waals surface area contributed by atoms with E-state index in [-0.39, 0.29) is 5.92 Å². The van der Waals surface area contributed by atoms with Crippen molar-refractivity contribution in [2.75, 3.05) is 31.0 Å². The van der Waals surface area contributed by atoms with Crippen molar-refractivity contribution in [2.45, 2.75) is 13.3 Å². The van der Waals surface area contributed by atoms with Crippen molar-refractivity contribution in [1.29, 1.82) is 0 Å². The highest BCUT2D eigenvalue weighted by atomic mass is 32.3. The van der Waals surface area contributed by atoms with Crippen molar-refractivity contribution in [1.82, 2.24) is 10.0 Å². The predicted octanol–water partition coefficient (Wildman–Crippen LogP) is -0.846. The number of hydrogen-bond donors (Lipinski definition) is 2. The molecule has 0 aromatic carbocycles. The second kappa shape index (κ2) is 5.64. The van der Waals surface area contributed by atoms with Gasteiger partial charge in [0.1, 0.15) is 0 Å². The molecule has 1 heterocycles. The number of hydrogen-bond acceptors (Lipinski definition) is 5. The quantitative estimate of drug-likeness (QED) is 0.686. The van der Waals surface area contributed by atoms with Gasteiger partial charge in [0.2, 0.25) is 10.0 Å². The highest BCUT2D eigenvalue weighted by molar-refractivity contribution is 8.06. The third-order valence-electron chi connectivity index (χ3n) is 2.92. The number of sulfone groups is 1. The summed E-state index contributed by atoms with van der Waals surface area (Å²) in [6, 6.07) is 0. The van der Waals surface area contributed by atoms with E-state index >= 15 is 0 Å². The van der Waals surface area contributed by atoms with E-state index < -0.39 is 24.9 Å². The summed E-state index contributed by atoms with van der Waals surface area (Å²) in [7, 11) is -7.24. The lowest BCUT2D eigenvalue weighted by atomic mass is 9.88. The van der Waals surface area contributed by atoms with Gasteiger partial charge in [-0.25, -0.2) is 21.6 Å². The maximum Gasteiger partial charge on any atom is 0.226 e. The lowest BCUT2D eigenvalue weighted by Crippen LogP contribution is -2.43. The van der Waals surface area contributed by atoms with Gasteiger partial charge in [0.05, 0.1) is 0 Å². The lowest BCUT2D eigenvalue weighted by Gasteiger charge is -2.29. The molecule has 0 saturated carbocycles. The molecule has 0 aromatic rings. The van der Waals surface area contributed by atoms with Crippen LogP contribution in [0.2, 0.25) is 0 Å². The zero-order valence-electron chi connectivity index (χ0n) is 10.1. The molecule has 1 rings (SSSR count). The Morgan fingerprint density at radius 3 is 2.47 bits per heavy atom. The molecule has 2 atom stereocenters. The van der Waals surface area contributed by atoms with Crippen LogP contribution in [0.5, 0.6) is 0 Å². The topological polar surface area (TPSA) is 92.3 Å². The molecule has 2 N–H and O–H groups in total. The van der Waals surface area contributed by atoms with Crippen molar-refractivity contribution in [3.8, 4) is 0 Å². The Labute approximate surface area is 103 Å². The summed E-state index contributed by atoms with van der Waals surface area (Å²) in [4.78, 5) is 0. The molecule has 1 saturated heterocycles. The molecule has 0 aliphatic carbocycles. The van der Waals surface area contributed by atoms with E-state index in [2.05, 4.69) is 17.0 Å². The molecule has 1 fully saturated rings. The first kappa shape index (κ1) is 14.9. The fourth-order valence-electron chi connectivity index (χ4n) is 1.88. The summed E-state index contributed by atoms with van der Waals surface area (Å²) in [6.45, 7) is 4.10. The molecule has 8 heteroatoms. The largest absolute Gasteiger partial charge is 0.316 e. The van der Waals surface area contributed by atoms with E-state index in [1.165, 1.54) is 0 Å². The van der Waals surface area contributed by atoms with Crippen LogP contribution in [0.25, 0.3) is 0 Å². The van der Waals surface area contributed by atoms with Crippen molar-refractivity contribution >= 4 is 19.9 Å². The fourth-order valence-corrected chi connectivity index (χ4v) is 4.94. The van der Waals surface area contributed by atoms with Gasteiger partial charge in [-0.2, -0.15) is 0 Å². The SMILES string of the molecule is CC1CCNCC1CNS(=O)(=O)CS(C)(=O)=O. The minimum Gasteiger partial charge on any atom is -0.316 e. The average molecular weight is 284 g/mol. The van der Waals surface area contributed by atoms with Gasteiger partial charge in [-0.1, -0.05) is 6.92 Å². The van der Waals surface area contributed by atoms with E-state index in [0.29, 0.717) is 12.5 Å². The Bertz CT molecular complexity index is 444. The molecule has 0 spiro atoms. The normalized spacial score (nSPS) is 26.9. The second-order valence-electron chi connectivity index (χ2n) is 4.74. The van der Waals surface area contributed by atoms with Gasteiger partial charge in [0, 0.05) is 12.8 Å². The van der Waals surface area contributed by atoms with Gasteiger partial charge in [-0.05, 0) is 31.3 Å². The second-order valence-corrected chi connectivity index (χ2v) is 9.05. The molecular formula is C9H20N2O4S2. The zero-order valence-corrected chi connectivity index (χ0v) is 11.8. The van der Waals surface area contributed by atoms with Gasteiger partial charge < -0.3 is 5.32 Å². The van der Waals surface area contributed by atoms with Crippen LogP contribution in [0.15, 0.2) is 0 Å². The lowest BCUT2D eigenvalue weighted by molar-refractivity contribution is 0.275. The van der Waals surface area contributed by atoms with Gasteiger partial charge in [0.15, 0.2) is 14.9 Å². The monoisotopic (exact) mass is 284 g/mol. The van der Waals surface area contributed by atoms with E-state index in [1.54, 1.807) is 0 Å². The summed E-state index contributed by atoms with van der Waals surface area (Å²) in [5.41, 5.74) is 0. The summed E-state index contributed by atoms with van der Waals surface area (Å²) in [5.74, 6) is 0.662. The zero-order chi connectivity index (χ0) is 13.1. The average Bonchev–Trinajstić information content (AvgIpc) is 2.13. The molecule has 17 heavy (non-hydrogen) atoms. The summed E-state index contributed by atoms with van der Waals surface area (Å²) >= 11 is 0. The number of piperidine rings is 1. The number of nitrogens with one attached hydrogen (secondary N) is 2. The van der Waals surface area contributed by atoms with Crippen LogP contribution < -0.4 is 10.0 Å². The summed E-state index contributed by atoms with van der Waals surface area (Å²) < 4.78 is 47.2. The Morgan fingerprint density at radius 1 is 1.29 bits per heavy atom. The Balaban J connectivity index is 2.49. The molecular weight excluding hydrogens is 264 g/mol. The summed E-state index contributed by atoms with van der Waals surface area (Å²) in [6.07, 6.45) is 1.93. The van der Waals surface area contributed by atoms with Crippen molar-refractivity contribution in [3.05, 3.63) is 0 Å². The van der Waals surface area contributed by atoms with E-state index in [4.69, 9.17) is 0 Å². The Hall–Kier alpha value is -0.180. The van der Waals surface area contributed by atoms with Crippen LogP contribution in [-0.2, 0) is 19.9 Å². The molecule has 102 valence electrons. The standard InChI is InChI=1S/C9H20N2O4S2/c1-8-3-4-10-5-9(8)6-11-17(14,15)7-16(2,12)13/h8-11H,3-7H2,1-2H3. The molecule has 1 aliphatic heterocycles. The van der Waals surface area contributed by atoms with Crippen molar-refractivity contribution in [2.24, 2.45) is 11.8 Å². The number of rotatable bonds is 5. The molecule has 1 aliphatic rings. The third-order valence-corrected chi connectivity index (χ3v) is 6.48.